The van der Waals surface area contributed by atoms with Gasteiger partial charge in [0.1, 0.15) is 5.92 Å². The Morgan fingerprint density at radius 1 is 0.731 bits per heavy atom. The number of Topliss-reactive ketones (excluding diaryl/α,β-unsaturated/α-hetero) is 2. The van der Waals surface area contributed by atoms with Crippen LogP contribution in [0.1, 0.15) is 20.7 Å². The van der Waals surface area contributed by atoms with Crippen molar-refractivity contribution in [2.24, 2.45) is 10.9 Å². The molecule has 0 saturated heterocycles. The van der Waals surface area contributed by atoms with Crippen LogP contribution in [0.3, 0.4) is 0 Å². The number of rotatable bonds is 6. The number of hydrogen-bond acceptors (Lipinski definition) is 3. The lowest BCUT2D eigenvalue weighted by molar-refractivity contribution is 0.0856. The van der Waals surface area contributed by atoms with Crippen LogP contribution in [0.5, 0.6) is 0 Å². The van der Waals surface area contributed by atoms with E-state index in [1.807, 2.05) is 36.4 Å². The second kappa shape index (κ2) is 8.67. The van der Waals surface area contributed by atoms with Gasteiger partial charge in [0.05, 0.1) is 5.69 Å². The molecule has 0 radical (unpaired) electrons. The molecule has 3 aromatic rings. The summed E-state index contributed by atoms with van der Waals surface area (Å²) >= 11 is 2.21. The number of carbonyl (C=O) groups excluding carboxylic acids is 2. The van der Waals surface area contributed by atoms with Crippen molar-refractivity contribution in [3.8, 4) is 0 Å². The molecule has 0 spiro atoms. The molecule has 0 aliphatic heterocycles. The smallest absolute Gasteiger partial charge is 0.179 e. The average Bonchev–Trinajstić information content (AvgIpc) is 2.70. The van der Waals surface area contributed by atoms with Gasteiger partial charge in [0.15, 0.2) is 11.6 Å². The van der Waals surface area contributed by atoms with Gasteiger partial charge in [-0.1, -0.05) is 60.7 Å². The molecule has 0 atom stereocenters. The molecular formula is C22H16INO2. The third kappa shape index (κ3) is 4.52. The van der Waals surface area contributed by atoms with Gasteiger partial charge in [-0.3, -0.25) is 14.6 Å². The van der Waals surface area contributed by atoms with E-state index >= 15 is 0 Å². The maximum absolute atomic E-state index is 12.9. The van der Waals surface area contributed by atoms with Crippen LogP contribution in [-0.4, -0.2) is 17.8 Å². The van der Waals surface area contributed by atoms with Gasteiger partial charge < -0.3 is 0 Å². The first-order valence-corrected chi connectivity index (χ1v) is 9.21. The van der Waals surface area contributed by atoms with E-state index in [9.17, 15) is 9.59 Å². The van der Waals surface area contributed by atoms with Crippen LogP contribution < -0.4 is 0 Å². The maximum atomic E-state index is 12.9. The van der Waals surface area contributed by atoms with Crippen molar-refractivity contribution in [1.29, 1.82) is 0 Å². The fourth-order valence-electron chi connectivity index (χ4n) is 2.51. The Morgan fingerprint density at radius 2 is 1.19 bits per heavy atom. The molecule has 0 N–H and O–H groups in total. The second-order valence-electron chi connectivity index (χ2n) is 5.69. The lowest BCUT2D eigenvalue weighted by Gasteiger charge is -2.11. The van der Waals surface area contributed by atoms with Gasteiger partial charge >= 0.3 is 0 Å². The van der Waals surface area contributed by atoms with Crippen LogP contribution in [-0.2, 0) is 0 Å². The highest BCUT2D eigenvalue weighted by molar-refractivity contribution is 14.1. The summed E-state index contributed by atoms with van der Waals surface area (Å²) in [6, 6.07) is 25.2. The maximum Gasteiger partial charge on any atom is 0.179 e. The monoisotopic (exact) mass is 453 g/mol. The summed E-state index contributed by atoms with van der Waals surface area (Å²) in [6.07, 6.45) is 1.45. The number of aliphatic imine (C=N–C) groups is 1. The number of ketones is 2. The summed E-state index contributed by atoms with van der Waals surface area (Å²) < 4.78 is 1.10. The molecular weight excluding hydrogens is 437 g/mol. The predicted octanol–water partition coefficient (Wildman–Crippen LogP) is 5.38. The van der Waals surface area contributed by atoms with Gasteiger partial charge in [0.25, 0.3) is 0 Å². The zero-order valence-corrected chi connectivity index (χ0v) is 16.0. The molecule has 0 heterocycles. The van der Waals surface area contributed by atoms with Crippen LogP contribution in [0.15, 0.2) is 89.9 Å². The summed E-state index contributed by atoms with van der Waals surface area (Å²) in [5.74, 6) is -1.47. The Balaban J connectivity index is 1.94. The highest BCUT2D eigenvalue weighted by Crippen LogP contribution is 2.18. The van der Waals surface area contributed by atoms with E-state index in [-0.39, 0.29) is 11.6 Å². The van der Waals surface area contributed by atoms with Gasteiger partial charge in [-0.25, -0.2) is 0 Å². The van der Waals surface area contributed by atoms with Crippen molar-refractivity contribution in [3.05, 3.63) is 99.6 Å². The van der Waals surface area contributed by atoms with Gasteiger partial charge in [-0.05, 0) is 46.9 Å². The molecule has 0 fully saturated rings. The third-order valence-electron chi connectivity index (χ3n) is 3.88. The van der Waals surface area contributed by atoms with Crippen LogP contribution >= 0.6 is 22.6 Å². The van der Waals surface area contributed by atoms with Gasteiger partial charge in [0.2, 0.25) is 0 Å². The van der Waals surface area contributed by atoms with Crippen molar-refractivity contribution >= 4 is 46.1 Å². The Morgan fingerprint density at radius 3 is 1.65 bits per heavy atom. The Kier molecular flexibility index (Phi) is 6.07. The number of benzene rings is 3. The summed E-state index contributed by atoms with van der Waals surface area (Å²) in [5, 5.41) is 0. The SMILES string of the molecule is O=C(c1ccccc1)C(C=Nc1ccc(I)cc1)C(=O)c1ccccc1. The minimum absolute atomic E-state index is 0.256. The Labute approximate surface area is 165 Å². The van der Waals surface area contributed by atoms with Crippen LogP contribution in [0.4, 0.5) is 5.69 Å². The zero-order chi connectivity index (χ0) is 18.4. The first kappa shape index (κ1) is 18.2. The summed E-state index contributed by atoms with van der Waals surface area (Å²) in [4.78, 5) is 30.2. The molecule has 0 aliphatic rings. The summed E-state index contributed by atoms with van der Waals surface area (Å²) in [6.45, 7) is 0. The third-order valence-corrected chi connectivity index (χ3v) is 4.60. The van der Waals surface area contributed by atoms with Gasteiger partial charge in [-0.2, -0.15) is 0 Å². The molecule has 128 valence electrons. The number of halogens is 1. The zero-order valence-electron chi connectivity index (χ0n) is 13.9. The van der Waals surface area contributed by atoms with E-state index in [1.165, 1.54) is 6.21 Å². The summed E-state index contributed by atoms with van der Waals surface area (Å²) in [7, 11) is 0. The van der Waals surface area contributed by atoms with Crippen molar-refractivity contribution in [2.45, 2.75) is 0 Å². The average molecular weight is 453 g/mol. The normalized spacial score (nSPS) is 11.0. The van der Waals surface area contributed by atoms with E-state index in [1.54, 1.807) is 48.5 Å². The van der Waals surface area contributed by atoms with E-state index < -0.39 is 5.92 Å². The molecule has 0 unspecified atom stereocenters. The minimum atomic E-state index is -0.959. The minimum Gasteiger partial charge on any atom is -0.293 e. The molecule has 0 aromatic heterocycles. The van der Waals surface area contributed by atoms with Gasteiger partial charge in [-0.15, -0.1) is 0 Å². The summed E-state index contributed by atoms with van der Waals surface area (Å²) in [5.41, 5.74) is 1.70. The lowest BCUT2D eigenvalue weighted by Crippen LogP contribution is -2.26. The van der Waals surface area contributed by atoms with Crippen LogP contribution in [0, 0.1) is 9.49 Å². The standard InChI is InChI=1S/C22H16INO2/c23-18-11-13-19(14-12-18)24-15-20(21(25)16-7-3-1-4-8-16)22(26)17-9-5-2-6-10-17/h1-15,20H. The van der Waals surface area contributed by atoms with Crippen molar-refractivity contribution in [1.82, 2.24) is 0 Å². The quantitative estimate of drug-likeness (QED) is 0.218. The molecule has 0 aliphatic carbocycles. The lowest BCUT2D eigenvalue weighted by atomic mass is 9.91. The fourth-order valence-corrected chi connectivity index (χ4v) is 2.87. The van der Waals surface area contributed by atoms with Crippen LogP contribution in [0.25, 0.3) is 0 Å². The molecule has 3 nitrogen and oxygen atoms in total. The van der Waals surface area contributed by atoms with Crippen LogP contribution in [0.2, 0.25) is 0 Å². The fraction of sp³-hybridized carbons (Fsp3) is 0.0455. The van der Waals surface area contributed by atoms with E-state index in [0.29, 0.717) is 16.8 Å². The first-order chi connectivity index (χ1) is 12.6. The van der Waals surface area contributed by atoms with E-state index in [0.717, 1.165) is 3.57 Å². The number of nitrogens with zero attached hydrogens (tertiary/aromatic N) is 1. The van der Waals surface area contributed by atoms with Crippen molar-refractivity contribution in [3.63, 3.8) is 0 Å². The number of carbonyl (C=O) groups is 2. The largest absolute Gasteiger partial charge is 0.293 e. The Bertz CT molecular complexity index is 868. The molecule has 26 heavy (non-hydrogen) atoms. The van der Waals surface area contributed by atoms with E-state index in [4.69, 9.17) is 0 Å². The molecule has 4 heteroatoms. The first-order valence-electron chi connectivity index (χ1n) is 8.13. The molecule has 3 rings (SSSR count). The topological polar surface area (TPSA) is 46.5 Å². The molecule has 0 amide bonds. The molecule has 3 aromatic carbocycles. The highest BCUT2D eigenvalue weighted by atomic mass is 127. The van der Waals surface area contributed by atoms with E-state index in [2.05, 4.69) is 27.6 Å². The van der Waals surface area contributed by atoms with Crippen molar-refractivity contribution < 1.29 is 9.59 Å². The molecule has 0 saturated carbocycles. The Hall–Kier alpha value is -2.60. The highest BCUT2D eigenvalue weighted by Gasteiger charge is 2.26. The van der Waals surface area contributed by atoms with Crippen molar-refractivity contribution in [2.75, 3.05) is 0 Å². The molecule has 0 bridgehead atoms. The second-order valence-corrected chi connectivity index (χ2v) is 6.94. The van der Waals surface area contributed by atoms with Gasteiger partial charge in [0, 0.05) is 20.9 Å². The number of hydrogen-bond donors (Lipinski definition) is 0. The predicted molar refractivity (Wildman–Crippen MR) is 112 cm³/mol.